The molecule has 70 valence electrons. The van der Waals surface area contributed by atoms with Crippen LogP contribution < -0.4 is 0 Å². The minimum absolute atomic E-state index is 0.533. The Bertz CT molecular complexity index is 165. The molecule has 0 N–H and O–H groups in total. The third-order valence-corrected chi connectivity index (χ3v) is 3.74. The molecule has 0 aliphatic heterocycles. The molecule has 0 radical (unpaired) electrons. The van der Waals surface area contributed by atoms with E-state index in [1.165, 1.54) is 19.3 Å². The lowest BCUT2D eigenvalue weighted by Gasteiger charge is -2.29. The predicted octanol–water partition coefficient (Wildman–Crippen LogP) is 4.02. The van der Waals surface area contributed by atoms with Crippen LogP contribution in [0.15, 0.2) is 12.2 Å². The van der Waals surface area contributed by atoms with Gasteiger partial charge in [0.1, 0.15) is 0 Å². The maximum Gasteiger partial charge on any atom is -0.0179 e. The minimum Gasteiger partial charge on any atom is -0.0885 e. The zero-order valence-electron chi connectivity index (χ0n) is 8.93. The molecule has 0 nitrogen and oxygen atoms in total. The van der Waals surface area contributed by atoms with Crippen molar-refractivity contribution in [2.75, 3.05) is 0 Å². The Morgan fingerprint density at radius 2 is 2.00 bits per heavy atom. The van der Waals surface area contributed by atoms with Crippen LogP contribution >= 0.6 is 0 Å². The van der Waals surface area contributed by atoms with E-state index in [-0.39, 0.29) is 0 Å². The maximum atomic E-state index is 2.43. The third-order valence-electron chi connectivity index (χ3n) is 3.74. The first-order chi connectivity index (χ1) is 5.59. The second kappa shape index (κ2) is 3.64. The van der Waals surface area contributed by atoms with Gasteiger partial charge in [-0.3, -0.25) is 0 Å². The maximum absolute atomic E-state index is 2.43. The van der Waals surface area contributed by atoms with Gasteiger partial charge in [-0.05, 0) is 36.5 Å². The zero-order valence-corrected chi connectivity index (χ0v) is 8.93. The summed E-state index contributed by atoms with van der Waals surface area (Å²) in [6, 6.07) is 0. The van der Waals surface area contributed by atoms with Gasteiger partial charge in [-0.1, -0.05) is 39.8 Å². The van der Waals surface area contributed by atoms with E-state index in [4.69, 9.17) is 0 Å². The first-order valence-electron chi connectivity index (χ1n) is 5.25. The van der Waals surface area contributed by atoms with E-state index in [0.717, 1.165) is 11.8 Å². The summed E-state index contributed by atoms with van der Waals surface area (Å²) >= 11 is 0. The normalized spacial score (nSPS) is 34.7. The van der Waals surface area contributed by atoms with Gasteiger partial charge in [0.15, 0.2) is 0 Å². The second-order valence-corrected chi connectivity index (χ2v) is 4.74. The predicted molar refractivity (Wildman–Crippen MR) is 55.1 cm³/mol. The highest BCUT2D eigenvalue weighted by Gasteiger charge is 2.38. The number of hydrogen-bond acceptors (Lipinski definition) is 0. The summed E-state index contributed by atoms with van der Waals surface area (Å²) in [7, 11) is 0. The van der Waals surface area contributed by atoms with Crippen molar-refractivity contribution in [3.05, 3.63) is 12.2 Å². The van der Waals surface area contributed by atoms with E-state index in [1.54, 1.807) is 0 Å². The third kappa shape index (κ3) is 1.73. The van der Waals surface area contributed by atoms with E-state index in [9.17, 15) is 0 Å². The summed E-state index contributed by atoms with van der Waals surface area (Å²) in [4.78, 5) is 0. The molecule has 1 fully saturated rings. The first kappa shape index (κ1) is 9.83. The van der Waals surface area contributed by atoms with Gasteiger partial charge in [-0.15, -0.1) is 0 Å². The van der Waals surface area contributed by atoms with Crippen LogP contribution in [0.1, 0.15) is 47.0 Å². The van der Waals surface area contributed by atoms with Crippen molar-refractivity contribution in [2.45, 2.75) is 47.0 Å². The average molecular weight is 166 g/mol. The molecule has 0 amide bonds. The van der Waals surface area contributed by atoms with Gasteiger partial charge in [-0.2, -0.15) is 0 Å². The average Bonchev–Trinajstić information content (AvgIpc) is 2.25. The number of allylic oxidation sites excluding steroid dienone is 2. The molecule has 1 aliphatic carbocycles. The molecule has 0 bridgehead atoms. The largest absolute Gasteiger partial charge is 0.0885 e. The topological polar surface area (TPSA) is 0 Å². The van der Waals surface area contributed by atoms with Gasteiger partial charge in [0, 0.05) is 0 Å². The lowest BCUT2D eigenvalue weighted by molar-refractivity contribution is 0.232. The van der Waals surface area contributed by atoms with Crippen molar-refractivity contribution in [3.8, 4) is 0 Å². The van der Waals surface area contributed by atoms with E-state index >= 15 is 0 Å². The quantitative estimate of drug-likeness (QED) is 0.543. The van der Waals surface area contributed by atoms with Crippen molar-refractivity contribution in [1.29, 1.82) is 0 Å². The smallest absolute Gasteiger partial charge is 0.0179 e. The fourth-order valence-corrected chi connectivity index (χ4v) is 2.18. The summed E-state index contributed by atoms with van der Waals surface area (Å²) in [5.41, 5.74) is 0.533. The zero-order chi connectivity index (χ0) is 9.19. The van der Waals surface area contributed by atoms with Crippen LogP contribution in [0.3, 0.4) is 0 Å². The summed E-state index contributed by atoms with van der Waals surface area (Å²) < 4.78 is 0. The Hall–Kier alpha value is -0.260. The fraction of sp³-hybridized carbons (Fsp3) is 0.833. The van der Waals surface area contributed by atoms with Crippen molar-refractivity contribution in [3.63, 3.8) is 0 Å². The van der Waals surface area contributed by atoms with Gasteiger partial charge < -0.3 is 0 Å². The Kier molecular flexibility index (Phi) is 2.98. The minimum atomic E-state index is 0.533. The molecular weight excluding hydrogens is 144 g/mol. The SMILES string of the molecule is CC/C=C\C1CCC(C)C1(C)C. The van der Waals surface area contributed by atoms with Crippen molar-refractivity contribution < 1.29 is 0 Å². The van der Waals surface area contributed by atoms with Crippen LogP contribution in [0.25, 0.3) is 0 Å². The summed E-state index contributed by atoms with van der Waals surface area (Å²) in [5, 5.41) is 0. The molecule has 1 saturated carbocycles. The van der Waals surface area contributed by atoms with Crippen LogP contribution in [-0.4, -0.2) is 0 Å². The summed E-state index contributed by atoms with van der Waals surface area (Å²) in [6.45, 7) is 9.42. The number of rotatable bonds is 2. The van der Waals surface area contributed by atoms with Crippen molar-refractivity contribution in [2.24, 2.45) is 17.3 Å². The van der Waals surface area contributed by atoms with Gasteiger partial charge >= 0.3 is 0 Å². The Labute approximate surface area is 77.1 Å². The first-order valence-corrected chi connectivity index (χ1v) is 5.25. The molecule has 0 aromatic heterocycles. The molecule has 0 aromatic carbocycles. The van der Waals surface area contributed by atoms with Crippen molar-refractivity contribution >= 4 is 0 Å². The van der Waals surface area contributed by atoms with E-state index < -0.39 is 0 Å². The molecule has 1 rings (SSSR count). The molecule has 0 spiro atoms. The van der Waals surface area contributed by atoms with Crippen LogP contribution in [0.5, 0.6) is 0 Å². The second-order valence-electron chi connectivity index (χ2n) is 4.74. The standard InChI is InChI=1S/C12H22/c1-5-6-7-11-9-8-10(2)12(11,3)4/h6-7,10-11H,5,8-9H2,1-4H3/b7-6-. The molecule has 0 heterocycles. The summed E-state index contributed by atoms with van der Waals surface area (Å²) in [6.07, 6.45) is 8.74. The Morgan fingerprint density at radius 3 is 2.42 bits per heavy atom. The van der Waals surface area contributed by atoms with E-state index in [1.807, 2.05) is 0 Å². The van der Waals surface area contributed by atoms with Gasteiger partial charge in [0.2, 0.25) is 0 Å². The Balaban J connectivity index is 2.62. The fourth-order valence-electron chi connectivity index (χ4n) is 2.18. The highest BCUT2D eigenvalue weighted by molar-refractivity contribution is 5.01. The lowest BCUT2D eigenvalue weighted by Crippen LogP contribution is -2.21. The van der Waals surface area contributed by atoms with Gasteiger partial charge in [-0.25, -0.2) is 0 Å². The Morgan fingerprint density at radius 1 is 1.33 bits per heavy atom. The molecular formula is C12H22. The van der Waals surface area contributed by atoms with Crippen LogP contribution in [-0.2, 0) is 0 Å². The molecule has 0 saturated heterocycles. The molecule has 0 aromatic rings. The van der Waals surface area contributed by atoms with Crippen LogP contribution in [0.4, 0.5) is 0 Å². The summed E-state index contributed by atoms with van der Waals surface area (Å²) in [5.74, 6) is 1.72. The lowest BCUT2D eigenvalue weighted by atomic mass is 9.76. The van der Waals surface area contributed by atoms with E-state index in [0.29, 0.717) is 5.41 Å². The molecule has 2 unspecified atom stereocenters. The van der Waals surface area contributed by atoms with E-state index in [2.05, 4.69) is 39.8 Å². The molecule has 2 atom stereocenters. The van der Waals surface area contributed by atoms with Crippen LogP contribution in [0.2, 0.25) is 0 Å². The van der Waals surface area contributed by atoms with Crippen LogP contribution in [0, 0.1) is 17.3 Å². The van der Waals surface area contributed by atoms with Gasteiger partial charge in [0.25, 0.3) is 0 Å². The highest BCUT2D eigenvalue weighted by Crippen LogP contribution is 2.47. The molecule has 1 aliphatic rings. The molecule has 12 heavy (non-hydrogen) atoms. The van der Waals surface area contributed by atoms with Crippen molar-refractivity contribution in [1.82, 2.24) is 0 Å². The van der Waals surface area contributed by atoms with Gasteiger partial charge in [0.05, 0.1) is 0 Å². The highest BCUT2D eigenvalue weighted by atomic mass is 14.4. The molecule has 0 heteroatoms. The monoisotopic (exact) mass is 166 g/mol. The number of hydrogen-bond donors (Lipinski definition) is 0.